The SMILES string of the molecule is CN=C(NCCSc1ccc(Cl)cc1)NCc1cccc(-c2ncn[nH]2)c1. The van der Waals surface area contributed by atoms with Crippen molar-refractivity contribution in [1.29, 1.82) is 0 Å². The third-order valence-corrected chi connectivity index (χ3v) is 5.04. The van der Waals surface area contributed by atoms with Gasteiger partial charge in [0.25, 0.3) is 0 Å². The maximum Gasteiger partial charge on any atom is 0.191 e. The molecule has 0 bridgehead atoms. The Labute approximate surface area is 167 Å². The number of guanidine groups is 1. The predicted octanol–water partition coefficient (Wildman–Crippen LogP) is 3.58. The zero-order valence-corrected chi connectivity index (χ0v) is 16.5. The van der Waals surface area contributed by atoms with E-state index in [1.165, 1.54) is 11.2 Å². The Morgan fingerprint density at radius 1 is 1.19 bits per heavy atom. The number of H-pyrrole nitrogens is 1. The van der Waals surface area contributed by atoms with Gasteiger partial charge in [-0.3, -0.25) is 10.1 Å². The highest BCUT2D eigenvalue weighted by atomic mass is 35.5. The number of aromatic amines is 1. The number of hydrogen-bond acceptors (Lipinski definition) is 4. The number of rotatable bonds is 7. The molecule has 0 radical (unpaired) electrons. The van der Waals surface area contributed by atoms with E-state index in [1.807, 2.05) is 36.4 Å². The molecule has 3 rings (SSSR count). The molecule has 0 fully saturated rings. The average Bonchev–Trinajstić information content (AvgIpc) is 3.24. The summed E-state index contributed by atoms with van der Waals surface area (Å²) in [6.07, 6.45) is 1.51. The van der Waals surface area contributed by atoms with Crippen LogP contribution in [0.5, 0.6) is 0 Å². The van der Waals surface area contributed by atoms with Gasteiger partial charge in [-0.2, -0.15) is 5.10 Å². The summed E-state index contributed by atoms with van der Waals surface area (Å²) in [5.41, 5.74) is 2.15. The number of halogens is 1. The molecule has 0 aliphatic carbocycles. The minimum Gasteiger partial charge on any atom is -0.356 e. The Bertz CT molecular complexity index is 864. The molecule has 1 aromatic heterocycles. The van der Waals surface area contributed by atoms with E-state index in [2.05, 4.69) is 42.9 Å². The van der Waals surface area contributed by atoms with Crippen LogP contribution >= 0.6 is 23.4 Å². The van der Waals surface area contributed by atoms with Gasteiger partial charge in [0.15, 0.2) is 11.8 Å². The summed E-state index contributed by atoms with van der Waals surface area (Å²) < 4.78 is 0. The van der Waals surface area contributed by atoms with Gasteiger partial charge in [0, 0.05) is 41.4 Å². The van der Waals surface area contributed by atoms with E-state index in [4.69, 9.17) is 11.6 Å². The molecular formula is C19H21ClN6S. The average molecular weight is 401 g/mol. The van der Waals surface area contributed by atoms with Gasteiger partial charge in [-0.1, -0.05) is 29.8 Å². The second-order valence-electron chi connectivity index (χ2n) is 5.69. The summed E-state index contributed by atoms with van der Waals surface area (Å²) in [4.78, 5) is 9.66. The zero-order chi connectivity index (χ0) is 18.9. The number of aliphatic imine (C=N–C) groups is 1. The van der Waals surface area contributed by atoms with Crippen molar-refractivity contribution in [3.05, 3.63) is 65.4 Å². The smallest absolute Gasteiger partial charge is 0.191 e. The first-order valence-electron chi connectivity index (χ1n) is 8.52. The van der Waals surface area contributed by atoms with Crippen LogP contribution < -0.4 is 10.6 Å². The van der Waals surface area contributed by atoms with Crippen LogP contribution in [0.1, 0.15) is 5.56 Å². The van der Waals surface area contributed by atoms with E-state index in [1.54, 1.807) is 18.8 Å². The van der Waals surface area contributed by atoms with E-state index >= 15 is 0 Å². The molecule has 0 amide bonds. The third-order valence-electron chi connectivity index (χ3n) is 3.78. The van der Waals surface area contributed by atoms with Crippen molar-refractivity contribution in [3.63, 3.8) is 0 Å². The van der Waals surface area contributed by atoms with Crippen LogP contribution in [0.3, 0.4) is 0 Å². The van der Waals surface area contributed by atoms with Crippen molar-refractivity contribution in [2.45, 2.75) is 11.4 Å². The fourth-order valence-electron chi connectivity index (χ4n) is 2.45. The highest BCUT2D eigenvalue weighted by Crippen LogP contribution is 2.19. The largest absolute Gasteiger partial charge is 0.356 e. The van der Waals surface area contributed by atoms with Crippen LogP contribution in [0, 0.1) is 0 Å². The summed E-state index contributed by atoms with van der Waals surface area (Å²) in [6.45, 7) is 1.48. The molecule has 8 heteroatoms. The van der Waals surface area contributed by atoms with Gasteiger partial charge in [-0.15, -0.1) is 11.8 Å². The van der Waals surface area contributed by atoms with E-state index < -0.39 is 0 Å². The standard InChI is InChI=1S/C19H21ClN6S/c1-21-19(22-9-10-27-17-7-5-16(20)6-8-17)23-12-14-3-2-4-15(11-14)18-24-13-25-26-18/h2-8,11,13H,9-10,12H2,1H3,(H2,21,22,23)(H,24,25,26). The van der Waals surface area contributed by atoms with Gasteiger partial charge in [0.05, 0.1) is 0 Å². The van der Waals surface area contributed by atoms with Crippen molar-refractivity contribution in [2.24, 2.45) is 4.99 Å². The van der Waals surface area contributed by atoms with Crippen LogP contribution in [-0.4, -0.2) is 40.5 Å². The van der Waals surface area contributed by atoms with Crippen LogP contribution in [-0.2, 0) is 6.54 Å². The second kappa shape index (κ2) is 9.99. The van der Waals surface area contributed by atoms with Gasteiger partial charge in [0.1, 0.15) is 6.33 Å². The minimum atomic E-state index is 0.673. The van der Waals surface area contributed by atoms with E-state index in [0.29, 0.717) is 6.54 Å². The van der Waals surface area contributed by atoms with Crippen molar-refractivity contribution < 1.29 is 0 Å². The van der Waals surface area contributed by atoms with Crippen LogP contribution in [0.2, 0.25) is 5.02 Å². The Morgan fingerprint density at radius 3 is 2.78 bits per heavy atom. The lowest BCUT2D eigenvalue weighted by Gasteiger charge is -2.12. The Balaban J connectivity index is 1.44. The monoisotopic (exact) mass is 400 g/mol. The fourth-order valence-corrected chi connectivity index (χ4v) is 3.34. The molecule has 6 nitrogen and oxygen atoms in total. The molecule has 2 aromatic carbocycles. The molecule has 0 spiro atoms. The minimum absolute atomic E-state index is 0.673. The third kappa shape index (κ3) is 6.01. The number of nitrogens with zero attached hydrogens (tertiary/aromatic N) is 3. The zero-order valence-electron chi connectivity index (χ0n) is 14.9. The number of hydrogen-bond donors (Lipinski definition) is 3. The van der Waals surface area contributed by atoms with E-state index in [0.717, 1.165) is 40.2 Å². The first-order chi connectivity index (χ1) is 13.2. The molecule has 140 valence electrons. The maximum absolute atomic E-state index is 5.90. The maximum atomic E-state index is 5.90. The molecule has 1 heterocycles. The normalized spacial score (nSPS) is 11.4. The highest BCUT2D eigenvalue weighted by Gasteiger charge is 2.03. The molecule has 3 aromatic rings. The van der Waals surface area contributed by atoms with Crippen molar-refractivity contribution in [3.8, 4) is 11.4 Å². The first-order valence-corrected chi connectivity index (χ1v) is 9.88. The van der Waals surface area contributed by atoms with Gasteiger partial charge < -0.3 is 10.6 Å². The molecule has 3 N–H and O–H groups in total. The topological polar surface area (TPSA) is 78.0 Å². The quantitative estimate of drug-likeness (QED) is 0.244. The van der Waals surface area contributed by atoms with Gasteiger partial charge >= 0.3 is 0 Å². The van der Waals surface area contributed by atoms with E-state index in [-0.39, 0.29) is 0 Å². The lowest BCUT2D eigenvalue weighted by molar-refractivity contribution is 0.833. The van der Waals surface area contributed by atoms with Crippen molar-refractivity contribution in [1.82, 2.24) is 25.8 Å². The summed E-state index contributed by atoms with van der Waals surface area (Å²) in [6, 6.07) is 16.0. The Kier molecular flexibility index (Phi) is 7.12. The van der Waals surface area contributed by atoms with Gasteiger partial charge in [0.2, 0.25) is 0 Å². The Morgan fingerprint density at radius 2 is 2.04 bits per heavy atom. The number of thioether (sulfide) groups is 1. The number of benzene rings is 2. The lowest BCUT2D eigenvalue weighted by Crippen LogP contribution is -2.37. The number of nitrogens with one attached hydrogen (secondary N) is 3. The Hall–Kier alpha value is -2.51. The molecule has 0 saturated carbocycles. The fraction of sp³-hybridized carbons (Fsp3) is 0.211. The lowest BCUT2D eigenvalue weighted by atomic mass is 10.1. The molecule has 0 atom stereocenters. The predicted molar refractivity (Wildman–Crippen MR) is 112 cm³/mol. The van der Waals surface area contributed by atoms with Gasteiger partial charge in [-0.25, -0.2) is 4.98 Å². The molecular weight excluding hydrogens is 380 g/mol. The molecule has 0 saturated heterocycles. The molecule has 27 heavy (non-hydrogen) atoms. The van der Waals surface area contributed by atoms with Crippen molar-refractivity contribution in [2.75, 3.05) is 19.3 Å². The van der Waals surface area contributed by atoms with Crippen LogP contribution in [0.15, 0.2) is 64.7 Å². The summed E-state index contributed by atoms with van der Waals surface area (Å²) >= 11 is 7.68. The van der Waals surface area contributed by atoms with E-state index in [9.17, 15) is 0 Å². The van der Waals surface area contributed by atoms with Crippen LogP contribution in [0.25, 0.3) is 11.4 Å². The van der Waals surface area contributed by atoms with Crippen molar-refractivity contribution >= 4 is 29.3 Å². The molecule has 0 aliphatic heterocycles. The summed E-state index contributed by atoms with van der Waals surface area (Å²) in [5.74, 6) is 2.47. The first kappa shape index (κ1) is 19.3. The summed E-state index contributed by atoms with van der Waals surface area (Å²) in [5, 5.41) is 14.2. The second-order valence-corrected chi connectivity index (χ2v) is 7.29. The highest BCUT2D eigenvalue weighted by molar-refractivity contribution is 7.99. The number of aromatic nitrogens is 3. The van der Waals surface area contributed by atoms with Gasteiger partial charge in [-0.05, 0) is 35.9 Å². The molecule has 0 aliphatic rings. The summed E-state index contributed by atoms with van der Waals surface area (Å²) in [7, 11) is 1.77. The van der Waals surface area contributed by atoms with Crippen LogP contribution in [0.4, 0.5) is 0 Å². The molecule has 0 unspecified atom stereocenters.